The topological polar surface area (TPSA) is 0 Å². The summed E-state index contributed by atoms with van der Waals surface area (Å²) in [7, 11) is 0. The van der Waals surface area contributed by atoms with Gasteiger partial charge in [-0.2, -0.15) is 0 Å². The van der Waals surface area contributed by atoms with Crippen LogP contribution in [0.4, 0.5) is 0 Å². The minimum Gasteiger partial charge on any atom is -0.0991 e. The van der Waals surface area contributed by atoms with Gasteiger partial charge in [-0.15, -0.1) is 0 Å². The lowest BCUT2D eigenvalue weighted by Crippen LogP contribution is -1.75. The van der Waals surface area contributed by atoms with Crippen LogP contribution in [0.3, 0.4) is 0 Å². The molecule has 0 bridgehead atoms. The maximum absolute atomic E-state index is 3.46. The molecule has 0 nitrogen and oxygen atoms in total. The van der Waals surface area contributed by atoms with Gasteiger partial charge in [-0.3, -0.25) is 0 Å². The van der Waals surface area contributed by atoms with E-state index in [1.165, 1.54) is 11.1 Å². The van der Waals surface area contributed by atoms with Crippen molar-refractivity contribution in [2.75, 3.05) is 0 Å². The third-order valence-corrected chi connectivity index (χ3v) is 2.05. The van der Waals surface area contributed by atoms with Gasteiger partial charge in [0.05, 0.1) is 0 Å². The SMILES string of the molecule is C/C=C(\C)c1ccccc1.C=C/C=C\C=C. The van der Waals surface area contributed by atoms with Gasteiger partial charge in [0.25, 0.3) is 0 Å². The van der Waals surface area contributed by atoms with E-state index in [1.54, 1.807) is 12.2 Å². The van der Waals surface area contributed by atoms with Gasteiger partial charge in [-0.1, -0.05) is 73.9 Å². The van der Waals surface area contributed by atoms with Crippen LogP contribution in [-0.4, -0.2) is 0 Å². The summed E-state index contributed by atoms with van der Waals surface area (Å²) in [4.78, 5) is 0. The third-order valence-electron chi connectivity index (χ3n) is 2.05. The van der Waals surface area contributed by atoms with E-state index in [-0.39, 0.29) is 0 Å². The Kier molecular flexibility index (Phi) is 8.62. The first kappa shape index (κ1) is 14.2. The van der Waals surface area contributed by atoms with Crippen molar-refractivity contribution in [3.05, 3.63) is 79.4 Å². The van der Waals surface area contributed by atoms with Crippen LogP contribution in [0.2, 0.25) is 0 Å². The average Bonchev–Trinajstić information content (AvgIpc) is 2.37. The summed E-state index contributed by atoms with van der Waals surface area (Å²) in [6, 6.07) is 10.4. The molecule has 1 aromatic carbocycles. The lowest BCUT2D eigenvalue weighted by molar-refractivity contribution is 1.54. The fraction of sp³-hybridized carbons (Fsp3) is 0.125. The Hall–Kier alpha value is -1.82. The molecule has 0 radical (unpaired) electrons. The van der Waals surface area contributed by atoms with Crippen LogP contribution in [0.15, 0.2) is 73.9 Å². The van der Waals surface area contributed by atoms with E-state index >= 15 is 0 Å². The molecule has 84 valence electrons. The second kappa shape index (κ2) is 9.72. The summed E-state index contributed by atoms with van der Waals surface area (Å²) in [5, 5.41) is 0. The highest BCUT2D eigenvalue weighted by molar-refractivity contribution is 5.62. The Morgan fingerprint density at radius 1 is 1.00 bits per heavy atom. The molecular formula is C16H20. The second-order valence-electron chi connectivity index (χ2n) is 3.19. The zero-order valence-electron chi connectivity index (χ0n) is 10.2. The smallest absolute Gasteiger partial charge is 0.0231 e. The van der Waals surface area contributed by atoms with Crippen molar-refractivity contribution >= 4 is 5.57 Å². The number of hydrogen-bond donors (Lipinski definition) is 0. The zero-order chi connectivity index (χ0) is 12.2. The van der Waals surface area contributed by atoms with Crippen molar-refractivity contribution in [3.63, 3.8) is 0 Å². The fourth-order valence-corrected chi connectivity index (χ4v) is 1.02. The van der Waals surface area contributed by atoms with Crippen LogP contribution in [-0.2, 0) is 0 Å². The molecule has 0 saturated heterocycles. The van der Waals surface area contributed by atoms with E-state index < -0.39 is 0 Å². The van der Waals surface area contributed by atoms with Crippen molar-refractivity contribution in [3.8, 4) is 0 Å². The third kappa shape index (κ3) is 6.61. The molecule has 1 rings (SSSR count). The molecule has 0 fully saturated rings. The molecular weight excluding hydrogens is 192 g/mol. The Morgan fingerprint density at radius 2 is 1.50 bits per heavy atom. The maximum Gasteiger partial charge on any atom is -0.0231 e. The van der Waals surface area contributed by atoms with Gasteiger partial charge < -0.3 is 0 Å². The Balaban J connectivity index is 0.000000325. The lowest BCUT2D eigenvalue weighted by Gasteiger charge is -1.97. The monoisotopic (exact) mass is 212 g/mol. The van der Waals surface area contributed by atoms with Crippen molar-refractivity contribution in [2.24, 2.45) is 0 Å². The standard InChI is InChI=1S/C10H12.C6H8/c1-3-9(2)10-7-5-4-6-8-10;1-3-5-6-4-2/h3-8H,1-2H3;3-6H,1-2H2/b9-3+;6-5-. The highest BCUT2D eigenvalue weighted by atomic mass is 13.9. The van der Waals surface area contributed by atoms with Crippen LogP contribution in [0.5, 0.6) is 0 Å². The van der Waals surface area contributed by atoms with E-state index in [0.717, 1.165) is 0 Å². The molecule has 0 unspecified atom stereocenters. The van der Waals surface area contributed by atoms with Gasteiger partial charge in [0.1, 0.15) is 0 Å². The van der Waals surface area contributed by atoms with Gasteiger partial charge >= 0.3 is 0 Å². The van der Waals surface area contributed by atoms with Crippen LogP contribution in [0.25, 0.3) is 5.57 Å². The van der Waals surface area contributed by atoms with Gasteiger partial charge in [-0.25, -0.2) is 0 Å². The molecule has 0 saturated carbocycles. The van der Waals surface area contributed by atoms with Gasteiger partial charge in [-0.05, 0) is 25.0 Å². The van der Waals surface area contributed by atoms with Crippen LogP contribution in [0.1, 0.15) is 19.4 Å². The normalized spacial score (nSPS) is 10.5. The number of rotatable bonds is 3. The van der Waals surface area contributed by atoms with Gasteiger partial charge in [0, 0.05) is 0 Å². The predicted octanol–water partition coefficient (Wildman–Crippen LogP) is 5.02. The number of benzene rings is 1. The first-order chi connectivity index (χ1) is 7.76. The fourth-order valence-electron chi connectivity index (χ4n) is 1.02. The first-order valence-electron chi connectivity index (χ1n) is 5.34. The van der Waals surface area contributed by atoms with Crippen molar-refractivity contribution < 1.29 is 0 Å². The molecule has 0 aliphatic rings. The Labute approximate surface area is 99.3 Å². The minimum absolute atomic E-state index is 1.31. The highest BCUT2D eigenvalue weighted by Crippen LogP contribution is 2.11. The van der Waals surface area contributed by atoms with Crippen LogP contribution < -0.4 is 0 Å². The molecule has 0 heterocycles. The zero-order valence-corrected chi connectivity index (χ0v) is 10.2. The minimum atomic E-state index is 1.31. The molecule has 0 aliphatic carbocycles. The van der Waals surface area contributed by atoms with Crippen LogP contribution >= 0.6 is 0 Å². The first-order valence-corrected chi connectivity index (χ1v) is 5.34. The van der Waals surface area contributed by atoms with Gasteiger partial charge in [0.15, 0.2) is 0 Å². The number of hydrogen-bond acceptors (Lipinski definition) is 0. The van der Waals surface area contributed by atoms with Crippen LogP contribution in [0, 0.1) is 0 Å². The maximum atomic E-state index is 3.46. The number of allylic oxidation sites excluding steroid dienone is 6. The molecule has 0 atom stereocenters. The summed E-state index contributed by atoms with van der Waals surface area (Å²) in [5.74, 6) is 0. The highest BCUT2D eigenvalue weighted by Gasteiger charge is 1.88. The van der Waals surface area contributed by atoms with E-state index in [9.17, 15) is 0 Å². The molecule has 1 aromatic rings. The lowest BCUT2D eigenvalue weighted by atomic mass is 10.1. The molecule has 0 heteroatoms. The summed E-state index contributed by atoms with van der Waals surface area (Å²) < 4.78 is 0. The largest absolute Gasteiger partial charge is 0.0991 e. The second-order valence-corrected chi connectivity index (χ2v) is 3.19. The van der Waals surface area contributed by atoms with Gasteiger partial charge in [0.2, 0.25) is 0 Å². The molecule has 0 N–H and O–H groups in total. The van der Waals surface area contributed by atoms with E-state index in [2.05, 4.69) is 57.3 Å². The molecule has 16 heavy (non-hydrogen) atoms. The summed E-state index contributed by atoms with van der Waals surface area (Å²) in [5.41, 5.74) is 2.64. The quantitative estimate of drug-likeness (QED) is 0.617. The molecule has 0 aromatic heterocycles. The summed E-state index contributed by atoms with van der Waals surface area (Å²) >= 11 is 0. The summed E-state index contributed by atoms with van der Waals surface area (Å²) in [6.45, 7) is 11.1. The Bertz CT molecular complexity index is 343. The van der Waals surface area contributed by atoms with Crippen molar-refractivity contribution in [1.82, 2.24) is 0 Å². The van der Waals surface area contributed by atoms with Crippen molar-refractivity contribution in [2.45, 2.75) is 13.8 Å². The molecule has 0 amide bonds. The van der Waals surface area contributed by atoms with E-state index in [1.807, 2.05) is 18.2 Å². The average molecular weight is 212 g/mol. The van der Waals surface area contributed by atoms with Crippen molar-refractivity contribution in [1.29, 1.82) is 0 Å². The van der Waals surface area contributed by atoms with E-state index in [4.69, 9.17) is 0 Å². The summed E-state index contributed by atoms with van der Waals surface area (Å²) in [6.07, 6.45) is 9.19. The predicted molar refractivity (Wildman–Crippen MR) is 75.3 cm³/mol. The molecule has 0 aliphatic heterocycles. The Morgan fingerprint density at radius 3 is 1.88 bits per heavy atom. The van der Waals surface area contributed by atoms with E-state index in [0.29, 0.717) is 0 Å². The molecule has 0 spiro atoms.